The highest BCUT2D eigenvalue weighted by atomic mass is 16.5. The molecule has 0 spiro atoms. The minimum atomic E-state index is -0.462. The SMILES string of the molecule is COC(=O)c1ccccc1Oc1ccc(C(=O)Nc2ccc(C34CC5CC(CC(C5)C3)C4)cc2)cc1. The molecular weight excluding hydrogens is 450 g/mol. The molecule has 3 aromatic carbocycles. The van der Waals surface area contributed by atoms with Gasteiger partial charge in [0.05, 0.1) is 7.11 Å². The fraction of sp³-hybridized carbons (Fsp3) is 0.355. The van der Waals surface area contributed by atoms with Gasteiger partial charge in [0, 0.05) is 11.3 Å². The third-order valence-corrected chi connectivity index (χ3v) is 8.43. The summed E-state index contributed by atoms with van der Waals surface area (Å²) in [6, 6.07) is 22.3. The van der Waals surface area contributed by atoms with E-state index in [2.05, 4.69) is 17.4 Å². The summed E-state index contributed by atoms with van der Waals surface area (Å²) < 4.78 is 10.7. The summed E-state index contributed by atoms with van der Waals surface area (Å²) >= 11 is 0. The molecule has 4 aliphatic rings. The number of carbonyl (C=O) groups excluding carboxylic acids is 2. The number of methoxy groups -OCH3 is 1. The summed E-state index contributed by atoms with van der Waals surface area (Å²) in [6.45, 7) is 0. The summed E-state index contributed by atoms with van der Waals surface area (Å²) in [5, 5.41) is 3.02. The molecule has 7 rings (SSSR count). The Hall–Kier alpha value is -3.60. The lowest BCUT2D eigenvalue weighted by Gasteiger charge is -2.57. The summed E-state index contributed by atoms with van der Waals surface area (Å²) in [4.78, 5) is 24.8. The van der Waals surface area contributed by atoms with Gasteiger partial charge in [-0.1, -0.05) is 24.3 Å². The Morgan fingerprint density at radius 1 is 0.806 bits per heavy atom. The van der Waals surface area contributed by atoms with E-state index in [-0.39, 0.29) is 5.91 Å². The number of benzene rings is 3. The van der Waals surface area contributed by atoms with Crippen molar-refractivity contribution in [2.45, 2.75) is 43.9 Å². The lowest BCUT2D eigenvalue weighted by molar-refractivity contribution is -0.00518. The van der Waals surface area contributed by atoms with Crippen molar-refractivity contribution in [3.8, 4) is 11.5 Å². The number of anilines is 1. The summed E-state index contributed by atoms with van der Waals surface area (Å²) in [7, 11) is 1.34. The number of para-hydroxylation sites is 1. The van der Waals surface area contributed by atoms with Crippen molar-refractivity contribution in [2.75, 3.05) is 12.4 Å². The van der Waals surface area contributed by atoms with Crippen molar-refractivity contribution in [3.63, 3.8) is 0 Å². The van der Waals surface area contributed by atoms with Gasteiger partial charge in [0.2, 0.25) is 0 Å². The summed E-state index contributed by atoms with van der Waals surface area (Å²) in [5.74, 6) is 3.04. The first kappa shape index (κ1) is 22.8. The maximum absolute atomic E-state index is 12.9. The van der Waals surface area contributed by atoms with Gasteiger partial charge in [0.25, 0.3) is 5.91 Å². The number of hydrogen-bond acceptors (Lipinski definition) is 4. The number of ether oxygens (including phenoxy) is 2. The molecule has 0 aliphatic heterocycles. The normalized spacial score (nSPS) is 25.9. The number of nitrogens with one attached hydrogen (secondary N) is 1. The Bertz CT molecular complexity index is 1240. The third kappa shape index (κ3) is 4.27. The van der Waals surface area contributed by atoms with E-state index in [0.717, 1.165) is 23.4 Å². The van der Waals surface area contributed by atoms with E-state index in [9.17, 15) is 9.59 Å². The topological polar surface area (TPSA) is 64.6 Å². The van der Waals surface area contributed by atoms with Crippen LogP contribution in [0.15, 0.2) is 72.8 Å². The van der Waals surface area contributed by atoms with Gasteiger partial charge in [-0.05, 0) is 116 Å². The molecule has 0 radical (unpaired) electrons. The highest BCUT2D eigenvalue weighted by Gasteiger charge is 2.51. The van der Waals surface area contributed by atoms with Crippen molar-refractivity contribution in [1.82, 2.24) is 0 Å². The summed E-state index contributed by atoms with van der Waals surface area (Å²) in [5.41, 5.74) is 3.50. The van der Waals surface area contributed by atoms with Crippen LogP contribution >= 0.6 is 0 Å². The van der Waals surface area contributed by atoms with E-state index in [4.69, 9.17) is 9.47 Å². The molecule has 0 saturated heterocycles. The van der Waals surface area contributed by atoms with Crippen LogP contribution in [0.3, 0.4) is 0 Å². The van der Waals surface area contributed by atoms with Crippen LogP contribution in [0.2, 0.25) is 0 Å². The zero-order valence-electron chi connectivity index (χ0n) is 20.5. The van der Waals surface area contributed by atoms with Crippen molar-refractivity contribution < 1.29 is 19.1 Å². The Morgan fingerprint density at radius 2 is 1.42 bits per heavy atom. The molecule has 36 heavy (non-hydrogen) atoms. The maximum atomic E-state index is 12.9. The summed E-state index contributed by atoms with van der Waals surface area (Å²) in [6.07, 6.45) is 8.33. The second-order valence-corrected chi connectivity index (χ2v) is 10.8. The van der Waals surface area contributed by atoms with Crippen LogP contribution in [0.1, 0.15) is 64.8 Å². The fourth-order valence-corrected chi connectivity index (χ4v) is 7.21. The molecule has 5 nitrogen and oxygen atoms in total. The smallest absolute Gasteiger partial charge is 0.341 e. The van der Waals surface area contributed by atoms with Crippen LogP contribution in [0.25, 0.3) is 0 Å². The molecule has 5 heteroatoms. The van der Waals surface area contributed by atoms with E-state index in [1.807, 2.05) is 12.1 Å². The molecule has 0 aromatic heterocycles. The van der Waals surface area contributed by atoms with Crippen molar-refractivity contribution in [2.24, 2.45) is 17.8 Å². The first-order chi connectivity index (χ1) is 17.5. The van der Waals surface area contributed by atoms with E-state index in [1.54, 1.807) is 48.5 Å². The largest absolute Gasteiger partial charge is 0.465 e. The average Bonchev–Trinajstić information content (AvgIpc) is 2.88. The van der Waals surface area contributed by atoms with Crippen molar-refractivity contribution in [3.05, 3.63) is 89.5 Å². The standard InChI is InChI=1S/C31H31NO4/c1-35-30(34)27-4-2-3-5-28(27)36-26-12-6-23(7-13-26)29(33)32-25-10-8-24(9-11-25)31-17-20-14-21(18-31)16-22(15-20)19-31/h2-13,20-22H,14-19H2,1H3,(H,32,33). The van der Waals surface area contributed by atoms with E-state index >= 15 is 0 Å². The zero-order chi connectivity index (χ0) is 24.7. The average molecular weight is 482 g/mol. The third-order valence-electron chi connectivity index (χ3n) is 8.43. The van der Waals surface area contributed by atoms with Crippen LogP contribution in [0, 0.1) is 17.8 Å². The highest BCUT2D eigenvalue weighted by molar-refractivity contribution is 6.04. The lowest BCUT2D eigenvalue weighted by atomic mass is 9.48. The molecule has 0 unspecified atom stereocenters. The number of carbonyl (C=O) groups is 2. The van der Waals surface area contributed by atoms with Crippen LogP contribution < -0.4 is 10.1 Å². The van der Waals surface area contributed by atoms with Crippen LogP contribution in [-0.4, -0.2) is 19.0 Å². The molecule has 4 fully saturated rings. The number of hydrogen-bond donors (Lipinski definition) is 1. The quantitative estimate of drug-likeness (QED) is 0.386. The number of amides is 1. The Balaban J connectivity index is 1.11. The van der Waals surface area contributed by atoms with Gasteiger partial charge >= 0.3 is 5.97 Å². The first-order valence-corrected chi connectivity index (χ1v) is 12.9. The Morgan fingerprint density at radius 3 is 2.03 bits per heavy atom. The van der Waals surface area contributed by atoms with E-state index in [1.165, 1.54) is 51.2 Å². The molecule has 3 aromatic rings. The van der Waals surface area contributed by atoms with Gasteiger partial charge < -0.3 is 14.8 Å². The molecule has 4 aliphatic carbocycles. The molecule has 1 amide bonds. The first-order valence-electron chi connectivity index (χ1n) is 12.9. The van der Waals surface area contributed by atoms with Gasteiger partial charge in [0.15, 0.2) is 0 Å². The Labute approximate surface area is 211 Å². The minimum Gasteiger partial charge on any atom is -0.465 e. The predicted octanol–water partition coefficient (Wildman–Crippen LogP) is 6.99. The molecule has 4 bridgehead atoms. The van der Waals surface area contributed by atoms with Gasteiger partial charge in [-0.25, -0.2) is 4.79 Å². The van der Waals surface area contributed by atoms with E-state index in [0.29, 0.717) is 28.0 Å². The fourth-order valence-electron chi connectivity index (χ4n) is 7.21. The van der Waals surface area contributed by atoms with Crippen LogP contribution in [0.4, 0.5) is 5.69 Å². The van der Waals surface area contributed by atoms with Gasteiger partial charge in [-0.15, -0.1) is 0 Å². The van der Waals surface area contributed by atoms with Gasteiger partial charge in [-0.3, -0.25) is 4.79 Å². The lowest BCUT2D eigenvalue weighted by Crippen LogP contribution is -2.48. The molecule has 4 saturated carbocycles. The maximum Gasteiger partial charge on any atom is 0.341 e. The van der Waals surface area contributed by atoms with Crippen LogP contribution in [0.5, 0.6) is 11.5 Å². The molecular formula is C31H31NO4. The second-order valence-electron chi connectivity index (χ2n) is 10.8. The van der Waals surface area contributed by atoms with Gasteiger partial charge in [-0.2, -0.15) is 0 Å². The molecule has 0 atom stereocenters. The van der Waals surface area contributed by atoms with E-state index < -0.39 is 5.97 Å². The molecule has 184 valence electrons. The predicted molar refractivity (Wildman–Crippen MR) is 139 cm³/mol. The second kappa shape index (κ2) is 9.12. The Kier molecular flexibility index (Phi) is 5.79. The van der Waals surface area contributed by atoms with Crippen LogP contribution in [-0.2, 0) is 10.2 Å². The van der Waals surface area contributed by atoms with Crippen molar-refractivity contribution in [1.29, 1.82) is 0 Å². The monoisotopic (exact) mass is 481 g/mol. The van der Waals surface area contributed by atoms with Gasteiger partial charge in [0.1, 0.15) is 17.1 Å². The molecule has 1 N–H and O–H groups in total. The highest BCUT2D eigenvalue weighted by Crippen LogP contribution is 2.60. The molecule has 0 heterocycles. The number of esters is 1. The minimum absolute atomic E-state index is 0.168. The van der Waals surface area contributed by atoms with Crippen molar-refractivity contribution >= 4 is 17.6 Å². The zero-order valence-corrected chi connectivity index (χ0v) is 20.5. The number of rotatable bonds is 6.